The molecule has 0 radical (unpaired) electrons. The molecule has 3 N–H and O–H groups in total. The van der Waals surface area contributed by atoms with Crippen LogP contribution in [0.5, 0.6) is 11.5 Å². The van der Waals surface area contributed by atoms with Gasteiger partial charge in [0.1, 0.15) is 0 Å². The number of rotatable bonds is 4. The Labute approximate surface area is 108 Å². The number of aliphatic carboxylic acids is 1. The molecule has 19 heavy (non-hydrogen) atoms. The Hall–Kier alpha value is -2.28. The van der Waals surface area contributed by atoms with Gasteiger partial charge < -0.3 is 25.0 Å². The van der Waals surface area contributed by atoms with E-state index in [1.807, 2.05) is 0 Å². The quantitative estimate of drug-likeness (QED) is 0.708. The number of hydrogen-bond acceptors (Lipinski definition) is 5. The van der Waals surface area contributed by atoms with E-state index in [0.29, 0.717) is 11.5 Å². The highest BCUT2D eigenvalue weighted by atomic mass is 16.7. The van der Waals surface area contributed by atoms with Crippen molar-refractivity contribution in [1.82, 2.24) is 5.32 Å². The van der Waals surface area contributed by atoms with Gasteiger partial charge in [0.15, 0.2) is 17.5 Å². The fourth-order valence-corrected chi connectivity index (χ4v) is 1.65. The van der Waals surface area contributed by atoms with E-state index in [1.165, 1.54) is 19.1 Å². The number of carbonyl (C=O) groups is 2. The predicted octanol–water partition coefficient (Wildman–Crippen LogP) is -0.0209. The summed E-state index contributed by atoms with van der Waals surface area (Å²) in [5.74, 6) is -0.950. The van der Waals surface area contributed by atoms with E-state index < -0.39 is 24.0 Å². The average Bonchev–Trinajstić information content (AvgIpc) is 2.81. The summed E-state index contributed by atoms with van der Waals surface area (Å²) in [6.07, 6.45) is -1.20. The number of amides is 1. The third kappa shape index (κ3) is 2.76. The summed E-state index contributed by atoms with van der Waals surface area (Å²) in [5, 5.41) is 20.4. The topological polar surface area (TPSA) is 105 Å². The molecule has 1 heterocycles. The van der Waals surface area contributed by atoms with E-state index in [2.05, 4.69) is 5.32 Å². The van der Waals surface area contributed by atoms with Gasteiger partial charge in [-0.1, -0.05) is 0 Å². The summed E-state index contributed by atoms with van der Waals surface area (Å²) in [7, 11) is 0. The summed E-state index contributed by atoms with van der Waals surface area (Å²) in [4.78, 5) is 22.8. The van der Waals surface area contributed by atoms with Gasteiger partial charge in [-0.25, -0.2) is 4.79 Å². The van der Waals surface area contributed by atoms with Crippen LogP contribution in [0.15, 0.2) is 18.2 Å². The number of carboxylic acids is 1. The van der Waals surface area contributed by atoms with Crippen LogP contribution >= 0.6 is 0 Å². The smallest absolute Gasteiger partial charge is 0.328 e. The summed E-state index contributed by atoms with van der Waals surface area (Å²) < 4.78 is 10.2. The Kier molecular flexibility index (Phi) is 3.57. The van der Waals surface area contributed by atoms with Crippen molar-refractivity contribution in [2.24, 2.45) is 0 Å². The molecular weight excluding hydrogens is 254 g/mol. The number of benzene rings is 1. The van der Waals surface area contributed by atoms with Gasteiger partial charge in [-0.05, 0) is 25.1 Å². The van der Waals surface area contributed by atoms with Crippen LogP contribution < -0.4 is 14.8 Å². The van der Waals surface area contributed by atoms with Gasteiger partial charge in [0.25, 0.3) is 5.91 Å². The number of nitrogens with one attached hydrogen (secondary N) is 1. The van der Waals surface area contributed by atoms with E-state index in [-0.39, 0.29) is 12.4 Å². The number of ether oxygens (including phenoxy) is 2. The Morgan fingerprint density at radius 1 is 1.32 bits per heavy atom. The Morgan fingerprint density at radius 3 is 2.63 bits per heavy atom. The first-order valence-electron chi connectivity index (χ1n) is 5.60. The number of carboxylic acid groups (broad SMARTS) is 1. The van der Waals surface area contributed by atoms with Gasteiger partial charge >= 0.3 is 5.97 Å². The van der Waals surface area contributed by atoms with Crippen LogP contribution in [0.2, 0.25) is 0 Å². The normalized spacial score (nSPS) is 15.7. The molecule has 1 amide bonds. The molecule has 2 atom stereocenters. The number of hydrogen-bond donors (Lipinski definition) is 3. The maximum atomic E-state index is 11.9. The van der Waals surface area contributed by atoms with Gasteiger partial charge in [0.2, 0.25) is 6.79 Å². The highest BCUT2D eigenvalue weighted by Crippen LogP contribution is 2.32. The SMILES string of the molecule is CC(O)C(NC(=O)c1ccc2c(c1)OCO2)C(=O)O. The lowest BCUT2D eigenvalue weighted by atomic mass is 10.1. The van der Waals surface area contributed by atoms with Gasteiger partial charge in [-0.2, -0.15) is 0 Å². The lowest BCUT2D eigenvalue weighted by Gasteiger charge is -2.17. The van der Waals surface area contributed by atoms with Gasteiger partial charge in [-0.15, -0.1) is 0 Å². The van der Waals surface area contributed by atoms with Crippen LogP contribution in [-0.4, -0.2) is 41.0 Å². The van der Waals surface area contributed by atoms with Crippen molar-refractivity contribution >= 4 is 11.9 Å². The number of aliphatic hydroxyl groups is 1. The number of fused-ring (bicyclic) bond motifs is 1. The van der Waals surface area contributed by atoms with Crippen molar-refractivity contribution in [2.45, 2.75) is 19.1 Å². The molecule has 0 aromatic heterocycles. The fraction of sp³-hybridized carbons (Fsp3) is 0.333. The standard InChI is InChI=1S/C12H13NO6/c1-6(14)10(12(16)17)13-11(15)7-2-3-8-9(4-7)19-5-18-8/h2-4,6,10,14H,5H2,1H3,(H,13,15)(H,16,17). The predicted molar refractivity (Wildman–Crippen MR) is 63.1 cm³/mol. The first-order chi connectivity index (χ1) is 8.99. The third-order valence-corrected chi connectivity index (χ3v) is 2.67. The highest BCUT2D eigenvalue weighted by Gasteiger charge is 2.26. The van der Waals surface area contributed by atoms with E-state index in [9.17, 15) is 14.7 Å². The van der Waals surface area contributed by atoms with Crippen LogP contribution in [0.25, 0.3) is 0 Å². The molecule has 102 valence electrons. The minimum Gasteiger partial charge on any atom is -0.480 e. The molecule has 0 saturated carbocycles. The van der Waals surface area contributed by atoms with Gasteiger partial charge in [0.05, 0.1) is 6.10 Å². The molecule has 0 aliphatic carbocycles. The average molecular weight is 267 g/mol. The maximum absolute atomic E-state index is 11.9. The summed E-state index contributed by atoms with van der Waals surface area (Å²) >= 11 is 0. The van der Waals surface area contributed by atoms with Crippen molar-refractivity contribution in [2.75, 3.05) is 6.79 Å². The Bertz CT molecular complexity index is 513. The van der Waals surface area contributed by atoms with E-state index >= 15 is 0 Å². The first-order valence-corrected chi connectivity index (χ1v) is 5.60. The van der Waals surface area contributed by atoms with E-state index in [4.69, 9.17) is 14.6 Å². The summed E-state index contributed by atoms with van der Waals surface area (Å²) in [5.41, 5.74) is 0.233. The Morgan fingerprint density at radius 2 is 2.00 bits per heavy atom. The van der Waals surface area contributed by atoms with Crippen LogP contribution in [0.4, 0.5) is 0 Å². The molecule has 1 aromatic rings. The lowest BCUT2D eigenvalue weighted by Crippen LogP contribution is -2.47. The van der Waals surface area contributed by atoms with Crippen molar-refractivity contribution in [3.63, 3.8) is 0 Å². The molecule has 1 aliphatic rings. The minimum absolute atomic E-state index is 0.0891. The molecule has 2 unspecified atom stereocenters. The second-order valence-electron chi connectivity index (χ2n) is 4.10. The molecule has 0 saturated heterocycles. The molecule has 2 rings (SSSR count). The van der Waals surface area contributed by atoms with Crippen LogP contribution in [0.1, 0.15) is 17.3 Å². The van der Waals surface area contributed by atoms with Crippen LogP contribution in [0, 0.1) is 0 Å². The second-order valence-corrected chi connectivity index (χ2v) is 4.10. The number of aliphatic hydroxyl groups excluding tert-OH is 1. The van der Waals surface area contributed by atoms with Crippen molar-refractivity contribution in [3.8, 4) is 11.5 Å². The van der Waals surface area contributed by atoms with Crippen molar-refractivity contribution in [1.29, 1.82) is 0 Å². The highest BCUT2D eigenvalue weighted by molar-refractivity contribution is 5.97. The van der Waals surface area contributed by atoms with Crippen molar-refractivity contribution in [3.05, 3.63) is 23.8 Å². The van der Waals surface area contributed by atoms with E-state index in [1.54, 1.807) is 6.07 Å². The molecule has 0 spiro atoms. The molecule has 0 fully saturated rings. The molecule has 0 bridgehead atoms. The maximum Gasteiger partial charge on any atom is 0.328 e. The molecule has 7 heteroatoms. The molecular formula is C12H13NO6. The molecule has 7 nitrogen and oxygen atoms in total. The third-order valence-electron chi connectivity index (χ3n) is 2.67. The zero-order valence-electron chi connectivity index (χ0n) is 10.1. The van der Waals surface area contributed by atoms with Crippen LogP contribution in [0.3, 0.4) is 0 Å². The van der Waals surface area contributed by atoms with Crippen molar-refractivity contribution < 1.29 is 29.3 Å². The summed E-state index contributed by atoms with van der Waals surface area (Å²) in [6, 6.07) is 3.15. The Balaban J connectivity index is 2.13. The minimum atomic E-state index is -1.36. The van der Waals surface area contributed by atoms with Gasteiger partial charge in [-0.3, -0.25) is 4.79 Å². The van der Waals surface area contributed by atoms with E-state index in [0.717, 1.165) is 0 Å². The zero-order chi connectivity index (χ0) is 14.0. The monoisotopic (exact) mass is 267 g/mol. The van der Waals surface area contributed by atoms with Crippen LogP contribution in [-0.2, 0) is 4.79 Å². The number of carbonyl (C=O) groups excluding carboxylic acids is 1. The fourth-order valence-electron chi connectivity index (χ4n) is 1.65. The largest absolute Gasteiger partial charge is 0.480 e. The zero-order valence-corrected chi connectivity index (χ0v) is 10.1. The molecule has 1 aliphatic heterocycles. The van der Waals surface area contributed by atoms with Gasteiger partial charge in [0, 0.05) is 5.56 Å². The second kappa shape index (κ2) is 5.15. The summed E-state index contributed by atoms with van der Waals surface area (Å²) in [6.45, 7) is 1.38. The molecule has 1 aromatic carbocycles. The lowest BCUT2D eigenvalue weighted by molar-refractivity contribution is -0.141. The first kappa shape index (κ1) is 13.2.